The summed E-state index contributed by atoms with van der Waals surface area (Å²) < 4.78 is 0. The summed E-state index contributed by atoms with van der Waals surface area (Å²) in [4.78, 5) is 64.4. The van der Waals surface area contributed by atoms with Gasteiger partial charge in [0.2, 0.25) is 23.6 Å². The summed E-state index contributed by atoms with van der Waals surface area (Å²) in [5.74, 6) is -4.58. The maximum atomic E-state index is 13.1. The Morgan fingerprint density at radius 2 is 1.54 bits per heavy atom. The fourth-order valence-electron chi connectivity index (χ4n) is 2.88. The standard InChI is InChI=1S/C20H38N8O6S/c1-3-10(2)15(28-16(30)11(21)6-7-14(22)29)18(32)26-12(5-4-8-25-20(23)24)17(31)27-13(9-35)19(33)34/h10-13,15,35H,3-9,21H2,1-2H3,(H2,22,29)(H,26,32)(H,27,31)(H,28,30)(H,33,34)(H4,23,24,25). The molecule has 0 heterocycles. The Hall–Kier alpha value is -3.07. The number of hydrogen-bond donors (Lipinski definition) is 9. The molecule has 0 spiro atoms. The van der Waals surface area contributed by atoms with Crippen molar-refractivity contribution in [1.82, 2.24) is 16.0 Å². The molecule has 4 amide bonds. The number of thiol groups is 1. The van der Waals surface area contributed by atoms with Gasteiger partial charge in [-0.15, -0.1) is 0 Å². The van der Waals surface area contributed by atoms with Crippen LogP contribution in [0.2, 0.25) is 0 Å². The number of aliphatic carboxylic acids is 1. The normalized spacial score (nSPS) is 15.0. The quantitative estimate of drug-likeness (QED) is 0.0414. The molecule has 5 unspecified atom stereocenters. The molecule has 0 aliphatic rings. The second kappa shape index (κ2) is 16.5. The Labute approximate surface area is 209 Å². The van der Waals surface area contributed by atoms with Gasteiger partial charge in [-0.3, -0.25) is 24.2 Å². The third kappa shape index (κ3) is 12.8. The number of carboxylic acids is 1. The summed E-state index contributed by atoms with van der Waals surface area (Å²) in [5.41, 5.74) is 21.5. The molecule has 0 fully saturated rings. The number of nitrogens with two attached hydrogens (primary N) is 4. The van der Waals surface area contributed by atoms with Crippen molar-refractivity contribution in [2.24, 2.45) is 33.8 Å². The van der Waals surface area contributed by atoms with Crippen molar-refractivity contribution in [2.45, 2.75) is 70.1 Å². The Balaban J connectivity index is 5.55. The molecule has 0 aliphatic carbocycles. The summed E-state index contributed by atoms with van der Waals surface area (Å²) in [6.07, 6.45) is 0.811. The smallest absolute Gasteiger partial charge is 0.327 e. The lowest BCUT2D eigenvalue weighted by Gasteiger charge is -2.28. The van der Waals surface area contributed by atoms with Crippen molar-refractivity contribution in [3.8, 4) is 0 Å². The molecule has 0 bridgehead atoms. The van der Waals surface area contributed by atoms with Crippen LogP contribution in [-0.4, -0.2) is 77.1 Å². The van der Waals surface area contributed by atoms with E-state index in [0.29, 0.717) is 12.8 Å². The molecule has 15 heteroatoms. The molecule has 0 aromatic carbocycles. The third-order valence-electron chi connectivity index (χ3n) is 5.21. The Kier molecular flexibility index (Phi) is 15.1. The Morgan fingerprint density at radius 1 is 0.943 bits per heavy atom. The van der Waals surface area contributed by atoms with Gasteiger partial charge in [-0.05, 0) is 25.2 Å². The third-order valence-corrected chi connectivity index (χ3v) is 5.57. The topological polar surface area (TPSA) is 258 Å². The predicted octanol–water partition coefficient (Wildman–Crippen LogP) is -2.85. The summed E-state index contributed by atoms with van der Waals surface area (Å²) in [6.45, 7) is 3.72. The number of rotatable bonds is 17. The van der Waals surface area contributed by atoms with Gasteiger partial charge in [0.25, 0.3) is 0 Å². The van der Waals surface area contributed by atoms with Crippen molar-refractivity contribution in [2.75, 3.05) is 12.3 Å². The van der Waals surface area contributed by atoms with Gasteiger partial charge in [0.15, 0.2) is 5.96 Å². The van der Waals surface area contributed by atoms with Crippen molar-refractivity contribution in [1.29, 1.82) is 0 Å². The van der Waals surface area contributed by atoms with E-state index in [0.717, 1.165) is 0 Å². The lowest BCUT2D eigenvalue weighted by atomic mass is 9.96. The molecule has 14 nitrogen and oxygen atoms in total. The largest absolute Gasteiger partial charge is 0.480 e. The van der Waals surface area contributed by atoms with Crippen molar-refractivity contribution in [3.63, 3.8) is 0 Å². The number of hydrogen-bond acceptors (Lipinski definition) is 8. The van der Waals surface area contributed by atoms with E-state index >= 15 is 0 Å². The first kappa shape index (κ1) is 31.9. The zero-order chi connectivity index (χ0) is 27.1. The van der Waals surface area contributed by atoms with E-state index in [1.807, 2.05) is 6.92 Å². The van der Waals surface area contributed by atoms with Crippen molar-refractivity contribution in [3.05, 3.63) is 0 Å². The Morgan fingerprint density at radius 3 is 2.03 bits per heavy atom. The molecule has 12 N–H and O–H groups in total. The molecular weight excluding hydrogens is 480 g/mol. The highest BCUT2D eigenvalue weighted by Gasteiger charge is 2.32. The highest BCUT2D eigenvalue weighted by atomic mass is 32.1. The molecule has 0 aromatic rings. The fraction of sp³-hybridized carbons (Fsp3) is 0.700. The molecular formula is C20H38N8O6S. The van der Waals surface area contributed by atoms with E-state index in [1.54, 1.807) is 6.92 Å². The molecule has 200 valence electrons. The van der Waals surface area contributed by atoms with Crippen molar-refractivity contribution < 1.29 is 29.1 Å². The van der Waals surface area contributed by atoms with Gasteiger partial charge >= 0.3 is 5.97 Å². The van der Waals surface area contributed by atoms with Crippen molar-refractivity contribution >= 4 is 48.2 Å². The van der Waals surface area contributed by atoms with Crippen LogP contribution in [0.5, 0.6) is 0 Å². The van der Waals surface area contributed by atoms with Gasteiger partial charge in [0, 0.05) is 18.7 Å². The molecule has 0 aliphatic heterocycles. The van der Waals surface area contributed by atoms with Gasteiger partial charge in [-0.25, -0.2) is 4.79 Å². The zero-order valence-electron chi connectivity index (χ0n) is 20.0. The van der Waals surface area contributed by atoms with Crippen LogP contribution in [0.3, 0.4) is 0 Å². The van der Waals surface area contributed by atoms with Crippen LogP contribution < -0.4 is 38.9 Å². The van der Waals surface area contributed by atoms with Gasteiger partial charge in [-0.2, -0.15) is 12.6 Å². The number of carbonyl (C=O) groups excluding carboxylic acids is 4. The molecule has 0 radical (unpaired) electrons. The molecule has 0 rings (SSSR count). The number of primary amides is 1. The molecule has 0 saturated heterocycles. The summed E-state index contributed by atoms with van der Waals surface area (Å²) in [5, 5.41) is 16.7. The van der Waals surface area contributed by atoms with Crippen LogP contribution in [0.15, 0.2) is 4.99 Å². The molecule has 5 atom stereocenters. The number of amides is 4. The van der Waals surface area contributed by atoms with Gasteiger partial charge in [0.05, 0.1) is 6.04 Å². The second-order valence-electron chi connectivity index (χ2n) is 8.08. The average molecular weight is 519 g/mol. The molecule has 0 saturated carbocycles. The second-order valence-corrected chi connectivity index (χ2v) is 8.44. The van der Waals surface area contributed by atoms with Crippen LogP contribution in [0.4, 0.5) is 0 Å². The van der Waals surface area contributed by atoms with E-state index in [2.05, 4.69) is 33.6 Å². The summed E-state index contributed by atoms with van der Waals surface area (Å²) in [7, 11) is 0. The highest BCUT2D eigenvalue weighted by molar-refractivity contribution is 7.80. The van der Waals surface area contributed by atoms with Crippen LogP contribution >= 0.6 is 12.6 Å². The SMILES string of the molecule is CCC(C)C(NC(=O)C(N)CCC(N)=O)C(=O)NC(CCCN=C(N)N)C(=O)NC(CS)C(=O)O. The number of carbonyl (C=O) groups is 5. The first-order chi connectivity index (χ1) is 16.3. The van der Waals surface area contributed by atoms with E-state index in [4.69, 9.17) is 22.9 Å². The zero-order valence-corrected chi connectivity index (χ0v) is 20.9. The molecule has 0 aromatic heterocycles. The van der Waals surface area contributed by atoms with Crippen LogP contribution in [0.25, 0.3) is 0 Å². The summed E-state index contributed by atoms with van der Waals surface area (Å²) in [6, 6.07) is -4.51. The van der Waals surface area contributed by atoms with Gasteiger partial charge in [-0.1, -0.05) is 20.3 Å². The van der Waals surface area contributed by atoms with E-state index in [-0.39, 0.29) is 43.4 Å². The summed E-state index contributed by atoms with van der Waals surface area (Å²) >= 11 is 3.92. The van der Waals surface area contributed by atoms with E-state index < -0.39 is 53.8 Å². The molecule has 35 heavy (non-hydrogen) atoms. The monoisotopic (exact) mass is 518 g/mol. The van der Waals surface area contributed by atoms with Gasteiger partial charge < -0.3 is 44.0 Å². The number of carboxylic acid groups (broad SMARTS) is 1. The lowest BCUT2D eigenvalue weighted by Crippen LogP contribution is -2.58. The first-order valence-corrected chi connectivity index (χ1v) is 11.8. The predicted molar refractivity (Wildman–Crippen MR) is 133 cm³/mol. The van der Waals surface area contributed by atoms with Gasteiger partial charge in [0.1, 0.15) is 18.1 Å². The minimum absolute atomic E-state index is 0.00609. The van der Waals surface area contributed by atoms with Crippen LogP contribution in [-0.2, 0) is 24.0 Å². The van der Waals surface area contributed by atoms with Crippen LogP contribution in [0, 0.1) is 5.92 Å². The maximum Gasteiger partial charge on any atom is 0.327 e. The van der Waals surface area contributed by atoms with Crippen LogP contribution in [0.1, 0.15) is 46.0 Å². The lowest BCUT2D eigenvalue weighted by molar-refractivity contribution is -0.141. The first-order valence-electron chi connectivity index (χ1n) is 11.2. The number of nitrogens with one attached hydrogen (secondary N) is 3. The fourth-order valence-corrected chi connectivity index (χ4v) is 3.13. The minimum atomic E-state index is -1.28. The van der Waals surface area contributed by atoms with E-state index in [1.165, 1.54) is 0 Å². The van der Waals surface area contributed by atoms with E-state index in [9.17, 15) is 29.1 Å². The highest BCUT2D eigenvalue weighted by Crippen LogP contribution is 2.10. The average Bonchev–Trinajstić information content (AvgIpc) is 2.79. The number of guanidine groups is 1. The number of aliphatic imine (C=N–C) groups is 1. The Bertz CT molecular complexity index is 777. The minimum Gasteiger partial charge on any atom is -0.480 e. The number of nitrogens with zero attached hydrogens (tertiary/aromatic N) is 1. The maximum absolute atomic E-state index is 13.1.